The van der Waals surface area contributed by atoms with Crippen LogP contribution in [0.4, 0.5) is 32.8 Å². The van der Waals surface area contributed by atoms with Crippen LogP contribution in [0.2, 0.25) is 0 Å². The summed E-state index contributed by atoms with van der Waals surface area (Å²) in [6.07, 6.45) is -5.21. The third-order valence-corrected chi connectivity index (χ3v) is 7.80. The average Bonchev–Trinajstić information content (AvgIpc) is 2.90. The summed E-state index contributed by atoms with van der Waals surface area (Å²) in [4.78, 5) is 41.9. The molecule has 0 radical (unpaired) electrons. The number of Topliss-reactive ketones (excluding diaryl/α,β-unsaturated/α-hetero) is 1. The Bertz CT molecular complexity index is 1610. The van der Waals surface area contributed by atoms with E-state index in [0.717, 1.165) is 36.3 Å². The number of ketones is 1. The van der Waals surface area contributed by atoms with Gasteiger partial charge in [-0.2, -0.15) is 18.4 Å². The molecule has 2 atom stereocenters. The second-order valence-corrected chi connectivity index (χ2v) is 11.7. The molecule has 0 bridgehead atoms. The first-order valence-corrected chi connectivity index (χ1v) is 14.3. The number of sulfone groups is 1. The third kappa shape index (κ3) is 5.81. The Hall–Kier alpha value is -4.25. The molecule has 1 N–H and O–H groups in total. The molecule has 14 heteroatoms. The molecule has 0 aromatic heterocycles. The fraction of sp³-hybridized carbons (Fsp3) is 0.333. The molecule has 0 saturated heterocycles. The van der Waals surface area contributed by atoms with Gasteiger partial charge in [0, 0.05) is 23.9 Å². The Morgan fingerprint density at radius 2 is 1.88 bits per heavy atom. The Morgan fingerprint density at radius 1 is 1.17 bits per heavy atom. The lowest BCUT2D eigenvalue weighted by molar-refractivity contribution is -0.137. The van der Waals surface area contributed by atoms with E-state index in [2.05, 4.69) is 5.32 Å². The molecule has 1 aliphatic carbocycles. The van der Waals surface area contributed by atoms with Crippen molar-refractivity contribution in [1.82, 2.24) is 10.2 Å². The van der Waals surface area contributed by atoms with E-state index in [4.69, 9.17) is 0 Å². The van der Waals surface area contributed by atoms with E-state index in [1.54, 1.807) is 0 Å². The van der Waals surface area contributed by atoms with Gasteiger partial charge in [-0.3, -0.25) is 9.69 Å². The highest BCUT2D eigenvalue weighted by atomic mass is 32.2. The van der Waals surface area contributed by atoms with Crippen molar-refractivity contribution in [3.8, 4) is 6.07 Å². The van der Waals surface area contributed by atoms with Crippen molar-refractivity contribution in [1.29, 1.82) is 5.26 Å². The normalized spacial score (nSPS) is 18.6. The lowest BCUT2D eigenvalue weighted by atomic mass is 9.83. The van der Waals surface area contributed by atoms with E-state index in [1.165, 1.54) is 18.2 Å². The van der Waals surface area contributed by atoms with Crippen LogP contribution < -0.4 is 10.2 Å². The SMILES string of the molecule is CC(F)CNC(=O)N1C(=O)N(c2cccc(C(F)(F)F)c2)C2=C(C(=O)CCC2)[C@H]1c1ccc(C#N)cc1S(C)(=O)=O. The van der Waals surface area contributed by atoms with Gasteiger partial charge in [0.05, 0.1) is 34.3 Å². The van der Waals surface area contributed by atoms with Crippen molar-refractivity contribution < 1.29 is 40.4 Å². The largest absolute Gasteiger partial charge is 0.416 e. The smallest absolute Gasteiger partial charge is 0.335 e. The fourth-order valence-corrected chi connectivity index (χ4v) is 5.85. The van der Waals surface area contributed by atoms with Gasteiger partial charge in [0.1, 0.15) is 12.2 Å². The first-order chi connectivity index (χ1) is 19.1. The molecule has 0 fully saturated rings. The van der Waals surface area contributed by atoms with Crippen molar-refractivity contribution in [2.45, 2.75) is 49.5 Å². The standard InChI is InChI=1S/C27H24F4N4O5S/c1-15(28)14-33-25(37)35-24(19-10-9-16(13-32)11-22(19)41(2,39)40)23-20(7-4-8-21(23)36)34(26(35)38)18-6-3-5-17(12-18)27(29,30)31/h3,5-6,9-12,15,24H,4,7-8,14H2,1-2H3,(H,33,37)/t15?,24-/m1/s1. The maximum Gasteiger partial charge on any atom is 0.416 e. The van der Waals surface area contributed by atoms with Crippen LogP contribution in [-0.4, -0.2) is 50.1 Å². The molecule has 2 aliphatic rings. The minimum Gasteiger partial charge on any atom is -0.335 e. The number of alkyl halides is 4. The van der Waals surface area contributed by atoms with Crippen molar-refractivity contribution in [2.75, 3.05) is 17.7 Å². The number of rotatable bonds is 5. The highest BCUT2D eigenvalue weighted by molar-refractivity contribution is 7.90. The third-order valence-electron chi connectivity index (χ3n) is 6.65. The number of anilines is 1. The molecular weight excluding hydrogens is 568 g/mol. The van der Waals surface area contributed by atoms with Crippen LogP contribution in [0.5, 0.6) is 0 Å². The zero-order chi connectivity index (χ0) is 30.3. The molecule has 4 rings (SSSR count). The number of carbonyl (C=O) groups is 3. The molecule has 0 spiro atoms. The number of carbonyl (C=O) groups excluding carboxylic acids is 3. The number of halogens is 4. The Balaban J connectivity index is 2.05. The van der Waals surface area contributed by atoms with Gasteiger partial charge >= 0.3 is 18.2 Å². The highest BCUT2D eigenvalue weighted by Crippen LogP contribution is 2.46. The lowest BCUT2D eigenvalue weighted by Gasteiger charge is -2.44. The number of urea groups is 2. The number of nitrogens with one attached hydrogen (secondary N) is 1. The van der Waals surface area contributed by atoms with Crippen LogP contribution in [0.25, 0.3) is 0 Å². The minimum atomic E-state index is -4.77. The Kier molecular flexibility index (Phi) is 7.95. The molecule has 0 saturated carbocycles. The summed E-state index contributed by atoms with van der Waals surface area (Å²) in [5, 5.41) is 11.6. The van der Waals surface area contributed by atoms with E-state index in [0.29, 0.717) is 11.0 Å². The van der Waals surface area contributed by atoms with E-state index in [1.807, 2.05) is 6.07 Å². The number of hydrogen-bond donors (Lipinski definition) is 1. The molecule has 2 aromatic carbocycles. The zero-order valence-corrected chi connectivity index (χ0v) is 22.6. The Morgan fingerprint density at radius 3 is 2.49 bits per heavy atom. The first kappa shape index (κ1) is 29.7. The number of hydrogen-bond acceptors (Lipinski definition) is 6. The lowest BCUT2D eigenvalue weighted by Crippen LogP contribution is -2.57. The maximum absolute atomic E-state index is 14.1. The summed E-state index contributed by atoms with van der Waals surface area (Å²) in [7, 11) is -4.10. The quantitative estimate of drug-likeness (QED) is 0.485. The fourth-order valence-electron chi connectivity index (χ4n) is 4.90. The second kappa shape index (κ2) is 11.0. The zero-order valence-electron chi connectivity index (χ0n) is 21.8. The van der Waals surface area contributed by atoms with Gasteiger partial charge in [-0.15, -0.1) is 0 Å². The number of nitrogens with zero attached hydrogens (tertiary/aromatic N) is 3. The van der Waals surface area contributed by atoms with Crippen molar-refractivity contribution >= 4 is 33.4 Å². The number of amides is 4. The molecule has 2 aromatic rings. The summed E-state index contributed by atoms with van der Waals surface area (Å²) < 4.78 is 80.0. The number of imide groups is 1. The van der Waals surface area contributed by atoms with E-state index < -0.39 is 63.1 Å². The highest BCUT2D eigenvalue weighted by Gasteiger charge is 2.48. The van der Waals surface area contributed by atoms with Gasteiger partial charge in [-0.05, 0) is 55.7 Å². The molecule has 1 unspecified atom stereocenters. The topological polar surface area (TPSA) is 128 Å². The summed E-state index contributed by atoms with van der Waals surface area (Å²) in [5.74, 6) is -0.554. The van der Waals surface area contributed by atoms with Gasteiger partial charge < -0.3 is 5.32 Å². The predicted molar refractivity (Wildman–Crippen MR) is 138 cm³/mol. The van der Waals surface area contributed by atoms with E-state index in [-0.39, 0.29) is 47.3 Å². The van der Waals surface area contributed by atoms with Gasteiger partial charge in [0.25, 0.3) is 0 Å². The first-order valence-electron chi connectivity index (χ1n) is 12.4. The van der Waals surface area contributed by atoms with Gasteiger partial charge in [-0.1, -0.05) is 12.1 Å². The monoisotopic (exact) mass is 592 g/mol. The van der Waals surface area contributed by atoms with Crippen LogP contribution >= 0.6 is 0 Å². The minimum absolute atomic E-state index is 0.0160. The molecule has 216 valence electrons. The molecule has 1 heterocycles. The van der Waals surface area contributed by atoms with E-state index >= 15 is 0 Å². The van der Waals surface area contributed by atoms with Crippen LogP contribution in [0.1, 0.15) is 48.9 Å². The molecule has 9 nitrogen and oxygen atoms in total. The summed E-state index contributed by atoms with van der Waals surface area (Å²) >= 11 is 0. The second-order valence-electron chi connectivity index (χ2n) is 9.68. The van der Waals surface area contributed by atoms with Gasteiger partial charge in [0.2, 0.25) is 0 Å². The van der Waals surface area contributed by atoms with Crippen LogP contribution in [-0.2, 0) is 20.8 Å². The van der Waals surface area contributed by atoms with Gasteiger partial charge in [0.15, 0.2) is 15.6 Å². The van der Waals surface area contributed by atoms with Gasteiger partial charge in [-0.25, -0.2) is 27.3 Å². The van der Waals surface area contributed by atoms with Crippen molar-refractivity contribution in [2.24, 2.45) is 0 Å². The molecule has 41 heavy (non-hydrogen) atoms. The van der Waals surface area contributed by atoms with Crippen molar-refractivity contribution in [3.05, 3.63) is 70.4 Å². The molecular formula is C27H24F4N4O5S. The number of benzene rings is 2. The van der Waals surface area contributed by atoms with Crippen LogP contribution in [0.15, 0.2) is 58.6 Å². The molecule has 4 amide bonds. The van der Waals surface area contributed by atoms with Crippen LogP contribution in [0.3, 0.4) is 0 Å². The van der Waals surface area contributed by atoms with Crippen LogP contribution in [0, 0.1) is 11.3 Å². The summed E-state index contributed by atoms with van der Waals surface area (Å²) in [6, 6.07) is 5.09. The number of nitriles is 1. The summed E-state index contributed by atoms with van der Waals surface area (Å²) in [5.41, 5.74) is -1.72. The number of allylic oxidation sites excluding steroid dienone is 1. The average molecular weight is 593 g/mol. The Labute approximate surface area is 232 Å². The van der Waals surface area contributed by atoms with Crippen molar-refractivity contribution in [3.63, 3.8) is 0 Å². The maximum atomic E-state index is 14.1. The van der Waals surface area contributed by atoms with E-state index in [9.17, 15) is 45.6 Å². The predicted octanol–water partition coefficient (Wildman–Crippen LogP) is 5.04. The summed E-state index contributed by atoms with van der Waals surface area (Å²) in [6.45, 7) is 0.587. The molecule has 1 aliphatic heterocycles.